The molecule has 37 heavy (non-hydrogen) atoms. The standard InChI is InChI=1S/C26H29F4N5O2/c1-15-13-35-14-18(17-8-10-34(11-9-17)25(37)33(3)4)12-20(23(35)31-15)24(36)32-16(2)19-6-5-7-21(22(19)27)26(28,29)30/h5-8,12,14-16H,9-11,13H2,1-4H3,(H,32,36)/t15-,16-/m1/s1. The maximum absolute atomic E-state index is 14.7. The smallest absolute Gasteiger partial charge is 0.345 e. The van der Waals surface area contributed by atoms with Crippen LogP contribution < -0.4 is 5.32 Å². The zero-order valence-electron chi connectivity index (χ0n) is 21.1. The highest BCUT2D eigenvalue weighted by Crippen LogP contribution is 2.34. The molecule has 0 unspecified atom stereocenters. The van der Waals surface area contributed by atoms with Crippen LogP contribution in [0.25, 0.3) is 0 Å². The Labute approximate surface area is 212 Å². The van der Waals surface area contributed by atoms with Crippen molar-refractivity contribution in [2.75, 3.05) is 33.7 Å². The summed E-state index contributed by atoms with van der Waals surface area (Å²) >= 11 is 0. The fraction of sp³-hybridized carbons (Fsp3) is 0.423. The first kappa shape index (κ1) is 26.4. The van der Waals surface area contributed by atoms with Gasteiger partial charge in [-0.15, -0.1) is 0 Å². The first-order valence-electron chi connectivity index (χ1n) is 12.0. The Morgan fingerprint density at radius 1 is 1.24 bits per heavy atom. The normalized spacial score (nSPS) is 20.4. The second-order valence-electron chi connectivity index (χ2n) is 9.60. The van der Waals surface area contributed by atoms with Gasteiger partial charge in [0.05, 0.1) is 23.2 Å². The number of amidine groups is 1. The van der Waals surface area contributed by atoms with E-state index in [9.17, 15) is 27.2 Å². The van der Waals surface area contributed by atoms with Gasteiger partial charge in [-0.3, -0.25) is 9.79 Å². The molecule has 1 aromatic rings. The minimum Gasteiger partial charge on any atom is -0.345 e. The van der Waals surface area contributed by atoms with Crippen LogP contribution in [0.3, 0.4) is 0 Å². The summed E-state index contributed by atoms with van der Waals surface area (Å²) in [5.41, 5.74) is 0.402. The highest BCUT2D eigenvalue weighted by Gasteiger charge is 2.36. The molecule has 0 spiro atoms. The number of fused-ring (bicyclic) bond motifs is 1. The minimum absolute atomic E-state index is 0.0614. The molecule has 0 bridgehead atoms. The minimum atomic E-state index is -4.84. The summed E-state index contributed by atoms with van der Waals surface area (Å²) in [5.74, 6) is -1.50. The lowest BCUT2D eigenvalue weighted by Crippen LogP contribution is -2.42. The number of halogens is 4. The van der Waals surface area contributed by atoms with Gasteiger partial charge in [0.15, 0.2) is 0 Å². The van der Waals surface area contributed by atoms with Gasteiger partial charge in [-0.2, -0.15) is 13.2 Å². The van der Waals surface area contributed by atoms with Gasteiger partial charge >= 0.3 is 12.2 Å². The third-order valence-corrected chi connectivity index (χ3v) is 6.54. The van der Waals surface area contributed by atoms with Crippen LogP contribution in [0.1, 0.15) is 37.4 Å². The summed E-state index contributed by atoms with van der Waals surface area (Å²) in [5, 5.41) is 2.64. The molecule has 3 aliphatic heterocycles. The third-order valence-electron chi connectivity index (χ3n) is 6.54. The quantitative estimate of drug-likeness (QED) is 0.605. The molecule has 1 N–H and O–H groups in total. The lowest BCUT2D eigenvalue weighted by atomic mass is 9.95. The monoisotopic (exact) mass is 519 g/mol. The highest BCUT2D eigenvalue weighted by molar-refractivity contribution is 6.22. The Morgan fingerprint density at radius 2 is 1.97 bits per heavy atom. The topological polar surface area (TPSA) is 68.2 Å². The van der Waals surface area contributed by atoms with E-state index in [1.54, 1.807) is 25.1 Å². The van der Waals surface area contributed by atoms with Crippen LogP contribution in [-0.2, 0) is 11.0 Å². The van der Waals surface area contributed by atoms with E-state index < -0.39 is 29.5 Å². The number of nitrogens with zero attached hydrogens (tertiary/aromatic N) is 4. The Morgan fingerprint density at radius 3 is 2.59 bits per heavy atom. The molecule has 0 aromatic heterocycles. The van der Waals surface area contributed by atoms with Gasteiger partial charge in [0.1, 0.15) is 11.7 Å². The van der Waals surface area contributed by atoms with Crippen LogP contribution in [0.4, 0.5) is 22.4 Å². The van der Waals surface area contributed by atoms with Crippen molar-refractivity contribution in [2.45, 2.75) is 38.5 Å². The molecule has 4 rings (SSSR count). The van der Waals surface area contributed by atoms with E-state index >= 15 is 0 Å². The van der Waals surface area contributed by atoms with E-state index in [0.29, 0.717) is 38.0 Å². The summed E-state index contributed by atoms with van der Waals surface area (Å²) in [7, 11) is 3.39. The van der Waals surface area contributed by atoms with Crippen molar-refractivity contribution in [1.82, 2.24) is 20.0 Å². The Bertz CT molecular complexity index is 1230. The van der Waals surface area contributed by atoms with Crippen LogP contribution in [-0.4, -0.2) is 72.2 Å². The number of carbonyl (C=O) groups is 2. The Hall–Kier alpha value is -3.63. The van der Waals surface area contributed by atoms with Gasteiger partial charge in [0.2, 0.25) is 0 Å². The molecule has 0 saturated carbocycles. The summed E-state index contributed by atoms with van der Waals surface area (Å²) < 4.78 is 54.1. The van der Waals surface area contributed by atoms with E-state index in [4.69, 9.17) is 0 Å². The maximum atomic E-state index is 14.7. The van der Waals surface area contributed by atoms with Crippen molar-refractivity contribution >= 4 is 17.8 Å². The fourth-order valence-electron chi connectivity index (χ4n) is 4.64. The van der Waals surface area contributed by atoms with Crippen molar-refractivity contribution in [3.63, 3.8) is 0 Å². The van der Waals surface area contributed by atoms with Gasteiger partial charge < -0.3 is 20.0 Å². The number of urea groups is 1. The summed E-state index contributed by atoms with van der Waals surface area (Å²) in [6, 6.07) is 1.86. The highest BCUT2D eigenvalue weighted by atomic mass is 19.4. The molecule has 0 radical (unpaired) electrons. The summed E-state index contributed by atoms with van der Waals surface area (Å²) in [6.45, 7) is 4.88. The van der Waals surface area contributed by atoms with E-state index in [1.807, 2.05) is 24.1 Å². The number of amides is 3. The Kier molecular flexibility index (Phi) is 7.16. The van der Waals surface area contributed by atoms with E-state index in [2.05, 4.69) is 10.3 Å². The van der Waals surface area contributed by atoms with E-state index in [1.165, 1.54) is 17.9 Å². The summed E-state index contributed by atoms with van der Waals surface area (Å²) in [6.07, 6.45) is 1.33. The molecular formula is C26H29F4N5O2. The predicted molar refractivity (Wildman–Crippen MR) is 131 cm³/mol. The van der Waals surface area contributed by atoms with Gasteiger partial charge in [0, 0.05) is 45.5 Å². The molecule has 0 saturated heterocycles. The lowest BCUT2D eigenvalue weighted by molar-refractivity contribution is -0.140. The maximum Gasteiger partial charge on any atom is 0.419 e. The number of aliphatic imine (C=N–C) groups is 1. The van der Waals surface area contributed by atoms with Gasteiger partial charge in [0.25, 0.3) is 5.91 Å². The number of allylic oxidation sites excluding steroid dienone is 2. The zero-order chi connectivity index (χ0) is 27.1. The number of alkyl halides is 3. The summed E-state index contributed by atoms with van der Waals surface area (Å²) in [4.78, 5) is 35.3. The number of carbonyl (C=O) groups excluding carboxylic acids is 2. The predicted octanol–water partition coefficient (Wildman–Crippen LogP) is 4.26. The molecule has 3 aliphatic rings. The largest absolute Gasteiger partial charge is 0.419 e. The molecule has 7 nitrogen and oxygen atoms in total. The average Bonchev–Trinajstić information content (AvgIpc) is 3.22. The van der Waals surface area contributed by atoms with Crippen molar-refractivity contribution in [2.24, 2.45) is 4.99 Å². The molecule has 0 fully saturated rings. The third kappa shape index (κ3) is 5.40. The fourth-order valence-corrected chi connectivity index (χ4v) is 4.64. The molecule has 1 aromatic carbocycles. The van der Waals surface area contributed by atoms with Crippen molar-refractivity contribution < 1.29 is 27.2 Å². The van der Waals surface area contributed by atoms with Crippen LogP contribution in [0, 0.1) is 5.82 Å². The van der Waals surface area contributed by atoms with Gasteiger partial charge in [-0.05, 0) is 43.6 Å². The van der Waals surface area contributed by atoms with E-state index in [-0.39, 0.29) is 23.2 Å². The van der Waals surface area contributed by atoms with Crippen LogP contribution in [0.15, 0.2) is 58.3 Å². The van der Waals surface area contributed by atoms with Crippen LogP contribution >= 0.6 is 0 Å². The van der Waals surface area contributed by atoms with Crippen LogP contribution in [0.5, 0.6) is 0 Å². The molecule has 0 aliphatic carbocycles. The molecule has 11 heteroatoms. The first-order chi connectivity index (χ1) is 17.4. The molecule has 3 amide bonds. The second-order valence-corrected chi connectivity index (χ2v) is 9.60. The van der Waals surface area contributed by atoms with Crippen molar-refractivity contribution in [3.05, 3.63) is 70.2 Å². The molecule has 3 heterocycles. The number of nitrogens with one attached hydrogen (secondary N) is 1. The SMILES string of the molecule is C[C@@H]1CN2C=C(C3=CCN(C(=O)N(C)C)CC3)C=C(C(=O)N[C@H](C)c3cccc(C(F)(F)F)c3F)C2=N1. The van der Waals surface area contributed by atoms with E-state index in [0.717, 1.165) is 17.2 Å². The number of hydrogen-bond donors (Lipinski definition) is 1. The molecular weight excluding hydrogens is 490 g/mol. The number of benzene rings is 1. The van der Waals surface area contributed by atoms with Crippen molar-refractivity contribution in [1.29, 1.82) is 0 Å². The first-order valence-corrected chi connectivity index (χ1v) is 12.0. The molecule has 2 atom stereocenters. The average molecular weight is 520 g/mol. The van der Waals surface area contributed by atoms with Crippen LogP contribution in [0.2, 0.25) is 0 Å². The zero-order valence-corrected chi connectivity index (χ0v) is 21.1. The van der Waals surface area contributed by atoms with Gasteiger partial charge in [-0.25, -0.2) is 9.18 Å². The second kappa shape index (κ2) is 10.0. The number of hydrogen-bond acceptors (Lipinski definition) is 4. The molecule has 198 valence electrons. The van der Waals surface area contributed by atoms with Crippen molar-refractivity contribution in [3.8, 4) is 0 Å². The lowest BCUT2D eigenvalue weighted by Gasteiger charge is -2.31. The number of rotatable bonds is 4. The van der Waals surface area contributed by atoms with Gasteiger partial charge in [-0.1, -0.05) is 18.2 Å². The Balaban J connectivity index is 1.58.